The third kappa shape index (κ3) is 4.55. The molecule has 0 fully saturated rings. The molecule has 0 aromatic heterocycles. The Morgan fingerprint density at radius 2 is 1.03 bits per heavy atom. The second-order valence-corrected chi connectivity index (χ2v) is 10.6. The van der Waals surface area contributed by atoms with E-state index in [1.165, 1.54) is 36.4 Å². The molecule has 8 heteroatoms. The van der Waals surface area contributed by atoms with E-state index in [0.717, 1.165) is 23.3 Å². The minimum atomic E-state index is -4.39. The molecule has 3 aromatic rings. The van der Waals surface area contributed by atoms with Gasteiger partial charge in [0.25, 0.3) is 20.0 Å². The number of rotatable bonds is 6. The van der Waals surface area contributed by atoms with Crippen LogP contribution in [0, 0.1) is 19.7 Å². The molecule has 0 N–H and O–H groups in total. The van der Waals surface area contributed by atoms with Crippen LogP contribution < -0.4 is 0 Å². The van der Waals surface area contributed by atoms with Crippen molar-refractivity contribution in [3.8, 4) is 0 Å². The van der Waals surface area contributed by atoms with E-state index in [4.69, 9.17) is 0 Å². The molecule has 0 saturated heterocycles. The molecule has 0 atom stereocenters. The SMILES string of the molecule is Cc1ccc(S(=O)(=O)N(Cc2ccc(F)cc2)S(=O)(=O)c2ccc(C)cc2)cc1. The van der Waals surface area contributed by atoms with Gasteiger partial charge >= 0.3 is 0 Å². The van der Waals surface area contributed by atoms with Crippen LogP contribution in [0.3, 0.4) is 0 Å². The average molecular weight is 434 g/mol. The molecule has 3 rings (SSSR count). The van der Waals surface area contributed by atoms with Crippen molar-refractivity contribution in [2.45, 2.75) is 30.2 Å². The number of hydrogen-bond donors (Lipinski definition) is 0. The van der Waals surface area contributed by atoms with Crippen LogP contribution in [0.2, 0.25) is 0 Å². The Balaban J connectivity index is 2.14. The van der Waals surface area contributed by atoms with E-state index >= 15 is 0 Å². The second kappa shape index (κ2) is 8.06. The zero-order valence-electron chi connectivity index (χ0n) is 15.9. The quantitative estimate of drug-likeness (QED) is 0.589. The van der Waals surface area contributed by atoms with E-state index in [9.17, 15) is 21.2 Å². The van der Waals surface area contributed by atoms with E-state index in [1.807, 2.05) is 0 Å². The molecular weight excluding hydrogens is 413 g/mol. The second-order valence-electron chi connectivity index (χ2n) is 6.69. The average Bonchev–Trinajstić information content (AvgIpc) is 2.68. The summed E-state index contributed by atoms with van der Waals surface area (Å²) in [5.74, 6) is -0.497. The Bertz CT molecular complexity index is 1130. The molecule has 0 saturated carbocycles. The zero-order chi connectivity index (χ0) is 21.2. The summed E-state index contributed by atoms with van der Waals surface area (Å²) in [4.78, 5) is -0.276. The molecule has 0 heterocycles. The third-order valence-corrected chi connectivity index (χ3v) is 8.64. The molecule has 5 nitrogen and oxygen atoms in total. The monoisotopic (exact) mass is 433 g/mol. The Morgan fingerprint density at radius 1 is 0.655 bits per heavy atom. The first-order valence-electron chi connectivity index (χ1n) is 8.76. The van der Waals surface area contributed by atoms with E-state index in [1.54, 1.807) is 38.1 Å². The van der Waals surface area contributed by atoms with Gasteiger partial charge in [-0.3, -0.25) is 0 Å². The van der Waals surface area contributed by atoms with Crippen molar-refractivity contribution in [2.24, 2.45) is 0 Å². The number of aryl methyl sites for hydroxylation is 2. The third-order valence-electron chi connectivity index (χ3n) is 4.40. The highest BCUT2D eigenvalue weighted by molar-refractivity contribution is 8.04. The maximum atomic E-state index is 13.3. The first-order valence-corrected chi connectivity index (χ1v) is 11.6. The van der Waals surface area contributed by atoms with Crippen molar-refractivity contribution < 1.29 is 21.2 Å². The highest BCUT2D eigenvalue weighted by atomic mass is 32.3. The van der Waals surface area contributed by atoms with Crippen LogP contribution in [0.1, 0.15) is 16.7 Å². The van der Waals surface area contributed by atoms with Crippen molar-refractivity contribution in [1.29, 1.82) is 0 Å². The van der Waals surface area contributed by atoms with Gasteiger partial charge in [0.15, 0.2) is 0 Å². The number of sulfonamides is 2. The lowest BCUT2D eigenvalue weighted by Gasteiger charge is -2.22. The molecule has 0 radical (unpaired) electrons. The standard InChI is InChI=1S/C21H20FNO4S2/c1-16-3-11-20(12-4-16)28(24,25)23(15-18-7-9-19(22)10-8-18)29(26,27)21-13-5-17(2)6-14-21/h3-14H,15H2,1-2H3. The number of halogens is 1. The number of benzene rings is 3. The van der Waals surface area contributed by atoms with Crippen LogP contribution in [0.5, 0.6) is 0 Å². The highest BCUT2D eigenvalue weighted by Crippen LogP contribution is 2.27. The van der Waals surface area contributed by atoms with Gasteiger partial charge in [-0.15, -0.1) is 0 Å². The normalized spacial score (nSPS) is 12.3. The molecule has 152 valence electrons. The molecule has 0 aliphatic rings. The fraction of sp³-hybridized carbons (Fsp3) is 0.143. The fourth-order valence-electron chi connectivity index (χ4n) is 2.69. The minimum Gasteiger partial charge on any atom is -0.207 e. The van der Waals surface area contributed by atoms with Crippen molar-refractivity contribution >= 4 is 20.0 Å². The van der Waals surface area contributed by atoms with Crippen molar-refractivity contribution in [2.75, 3.05) is 0 Å². The van der Waals surface area contributed by atoms with Gasteiger partial charge < -0.3 is 0 Å². The Hall–Kier alpha value is -2.55. The summed E-state index contributed by atoms with van der Waals surface area (Å²) in [6.07, 6.45) is 0. The zero-order valence-corrected chi connectivity index (χ0v) is 17.5. The molecule has 0 aliphatic carbocycles. The maximum Gasteiger partial charge on any atom is 0.256 e. The van der Waals surface area contributed by atoms with E-state index < -0.39 is 32.4 Å². The summed E-state index contributed by atoms with van der Waals surface area (Å²) < 4.78 is 66.8. The van der Waals surface area contributed by atoms with Crippen LogP contribution in [0.25, 0.3) is 0 Å². The summed E-state index contributed by atoms with van der Waals surface area (Å²) in [5, 5.41) is 0. The molecular formula is C21H20FNO4S2. The lowest BCUT2D eigenvalue weighted by molar-refractivity contribution is 0.494. The van der Waals surface area contributed by atoms with Gasteiger partial charge in [0.1, 0.15) is 5.82 Å². The maximum absolute atomic E-state index is 13.3. The van der Waals surface area contributed by atoms with Crippen molar-refractivity contribution in [3.63, 3.8) is 0 Å². The van der Waals surface area contributed by atoms with E-state index in [0.29, 0.717) is 9.27 Å². The van der Waals surface area contributed by atoms with E-state index in [-0.39, 0.29) is 9.79 Å². The van der Waals surface area contributed by atoms with Crippen LogP contribution in [-0.4, -0.2) is 20.5 Å². The van der Waals surface area contributed by atoms with Gasteiger partial charge in [-0.1, -0.05) is 51.2 Å². The van der Waals surface area contributed by atoms with Crippen LogP contribution in [-0.2, 0) is 26.6 Å². The Labute approximate surface area is 170 Å². The van der Waals surface area contributed by atoms with Gasteiger partial charge in [-0.25, -0.2) is 21.2 Å². The smallest absolute Gasteiger partial charge is 0.207 e. The van der Waals surface area contributed by atoms with Gasteiger partial charge in [0.2, 0.25) is 0 Å². The number of hydrogen-bond acceptors (Lipinski definition) is 4. The lowest BCUT2D eigenvalue weighted by Crippen LogP contribution is -2.36. The lowest BCUT2D eigenvalue weighted by atomic mass is 10.2. The highest BCUT2D eigenvalue weighted by Gasteiger charge is 2.36. The Morgan fingerprint density at radius 3 is 1.41 bits per heavy atom. The summed E-state index contributed by atoms with van der Waals surface area (Å²) in [7, 11) is -8.78. The minimum absolute atomic E-state index is 0.138. The predicted octanol–water partition coefficient (Wildman–Crippen LogP) is 4.02. The Kier molecular flexibility index (Phi) is 5.88. The van der Waals surface area contributed by atoms with E-state index in [2.05, 4.69) is 0 Å². The van der Waals surface area contributed by atoms with Crippen molar-refractivity contribution in [1.82, 2.24) is 3.71 Å². The summed E-state index contributed by atoms with van der Waals surface area (Å²) in [6, 6.07) is 16.9. The predicted molar refractivity (Wildman–Crippen MR) is 109 cm³/mol. The topological polar surface area (TPSA) is 71.5 Å². The molecule has 0 spiro atoms. The van der Waals surface area contributed by atoms with Crippen LogP contribution >= 0.6 is 0 Å². The summed E-state index contributed by atoms with van der Waals surface area (Å²) in [5.41, 5.74) is 2.03. The first-order chi connectivity index (χ1) is 13.6. The number of nitrogens with zero attached hydrogens (tertiary/aromatic N) is 1. The van der Waals surface area contributed by atoms with Gasteiger partial charge in [-0.05, 0) is 55.8 Å². The molecule has 0 bridgehead atoms. The fourth-order valence-corrected chi connectivity index (χ4v) is 6.31. The van der Waals surface area contributed by atoms with Gasteiger partial charge in [0.05, 0.1) is 16.3 Å². The van der Waals surface area contributed by atoms with Crippen LogP contribution in [0.15, 0.2) is 82.6 Å². The van der Waals surface area contributed by atoms with Gasteiger partial charge in [0, 0.05) is 0 Å². The molecule has 0 amide bonds. The van der Waals surface area contributed by atoms with Crippen LogP contribution in [0.4, 0.5) is 4.39 Å². The molecule has 0 unspecified atom stereocenters. The first kappa shape index (κ1) is 21.2. The molecule has 0 aliphatic heterocycles. The molecule has 29 heavy (non-hydrogen) atoms. The molecule has 3 aromatic carbocycles. The summed E-state index contributed by atoms with van der Waals surface area (Å²) >= 11 is 0. The summed E-state index contributed by atoms with van der Waals surface area (Å²) in [6.45, 7) is 3.15. The van der Waals surface area contributed by atoms with Gasteiger partial charge in [-0.2, -0.15) is 0 Å². The largest absolute Gasteiger partial charge is 0.256 e. The van der Waals surface area contributed by atoms with Crippen molar-refractivity contribution in [3.05, 3.63) is 95.3 Å².